The molecule has 5 heteroatoms. The summed E-state index contributed by atoms with van der Waals surface area (Å²) in [6.07, 6.45) is -0.192. The van der Waals surface area contributed by atoms with E-state index in [2.05, 4.69) is 5.32 Å². The van der Waals surface area contributed by atoms with Crippen molar-refractivity contribution >= 4 is 5.97 Å². The summed E-state index contributed by atoms with van der Waals surface area (Å²) in [4.78, 5) is 10.9. The highest BCUT2D eigenvalue weighted by Gasteiger charge is 2.32. The summed E-state index contributed by atoms with van der Waals surface area (Å²) < 4.78 is 4.83. The van der Waals surface area contributed by atoms with Gasteiger partial charge in [0.2, 0.25) is 0 Å². The third-order valence-electron chi connectivity index (χ3n) is 2.07. The molecule has 0 saturated carbocycles. The molecule has 3 N–H and O–H groups in total. The number of carboxylic acids is 1. The summed E-state index contributed by atoms with van der Waals surface area (Å²) in [7, 11) is 1.52. The predicted octanol–water partition coefficient (Wildman–Crippen LogP) is -0.163. The lowest BCUT2D eigenvalue weighted by Gasteiger charge is -2.26. The van der Waals surface area contributed by atoms with E-state index in [1.807, 2.05) is 0 Å². The highest BCUT2D eigenvalue weighted by atomic mass is 16.5. The van der Waals surface area contributed by atoms with Crippen LogP contribution in [0.15, 0.2) is 0 Å². The van der Waals surface area contributed by atoms with Gasteiger partial charge in [-0.1, -0.05) is 0 Å². The summed E-state index contributed by atoms with van der Waals surface area (Å²) in [5.74, 6) is -0.935. The Morgan fingerprint density at radius 2 is 2.21 bits per heavy atom. The molecule has 0 rings (SSSR count). The Morgan fingerprint density at radius 3 is 2.57 bits per heavy atom. The fraction of sp³-hybridized carbons (Fsp3) is 0.889. The van der Waals surface area contributed by atoms with Crippen molar-refractivity contribution in [3.63, 3.8) is 0 Å². The molecule has 0 aromatic carbocycles. The Balaban J connectivity index is 4.17. The van der Waals surface area contributed by atoms with Gasteiger partial charge in [0.15, 0.2) is 0 Å². The van der Waals surface area contributed by atoms with Crippen LogP contribution in [0.2, 0.25) is 0 Å². The van der Waals surface area contributed by atoms with Crippen molar-refractivity contribution in [2.75, 3.05) is 20.3 Å². The van der Waals surface area contributed by atoms with Crippen molar-refractivity contribution in [2.45, 2.75) is 31.9 Å². The number of aliphatic hydroxyl groups is 1. The van der Waals surface area contributed by atoms with E-state index in [9.17, 15) is 4.79 Å². The van der Waals surface area contributed by atoms with Crippen LogP contribution in [0, 0.1) is 0 Å². The molecular formula is C9H19NO4. The molecule has 0 aliphatic rings. The molecule has 0 heterocycles. The summed E-state index contributed by atoms with van der Waals surface area (Å²) in [5, 5.41) is 20.8. The lowest BCUT2D eigenvalue weighted by atomic mass is 9.98. The predicted molar refractivity (Wildman–Crippen MR) is 52.2 cm³/mol. The Labute approximate surface area is 84.1 Å². The van der Waals surface area contributed by atoms with Gasteiger partial charge in [0.25, 0.3) is 0 Å². The van der Waals surface area contributed by atoms with E-state index >= 15 is 0 Å². The first-order chi connectivity index (χ1) is 6.42. The Morgan fingerprint density at radius 1 is 1.64 bits per heavy atom. The van der Waals surface area contributed by atoms with Crippen molar-refractivity contribution in [1.82, 2.24) is 5.32 Å². The largest absolute Gasteiger partial charge is 0.480 e. The van der Waals surface area contributed by atoms with Gasteiger partial charge in [-0.15, -0.1) is 0 Å². The van der Waals surface area contributed by atoms with Gasteiger partial charge >= 0.3 is 5.97 Å². The fourth-order valence-electron chi connectivity index (χ4n) is 0.950. The summed E-state index contributed by atoms with van der Waals surface area (Å²) >= 11 is 0. The van der Waals surface area contributed by atoms with E-state index in [4.69, 9.17) is 14.9 Å². The van der Waals surface area contributed by atoms with Gasteiger partial charge in [-0.3, -0.25) is 10.1 Å². The third-order valence-corrected chi connectivity index (χ3v) is 2.07. The maximum Gasteiger partial charge on any atom is 0.323 e. The molecule has 0 fully saturated rings. The van der Waals surface area contributed by atoms with Gasteiger partial charge in [0.1, 0.15) is 5.54 Å². The molecule has 0 aliphatic heterocycles. The molecule has 0 spiro atoms. The van der Waals surface area contributed by atoms with Crippen molar-refractivity contribution in [3.05, 3.63) is 0 Å². The minimum atomic E-state index is -1.03. The molecule has 84 valence electrons. The van der Waals surface area contributed by atoms with E-state index < -0.39 is 17.6 Å². The van der Waals surface area contributed by atoms with Gasteiger partial charge in [-0.2, -0.15) is 0 Å². The second-order valence-electron chi connectivity index (χ2n) is 3.61. The number of aliphatic hydroxyl groups excluding tert-OH is 1. The summed E-state index contributed by atoms with van der Waals surface area (Å²) in [5.41, 5.74) is -1.03. The molecule has 5 nitrogen and oxygen atoms in total. The number of nitrogens with one attached hydrogen (secondary N) is 1. The molecule has 2 atom stereocenters. The maximum atomic E-state index is 10.9. The van der Waals surface area contributed by atoms with Crippen LogP contribution in [-0.4, -0.2) is 48.1 Å². The zero-order valence-corrected chi connectivity index (χ0v) is 8.91. The molecule has 0 bridgehead atoms. The SMILES string of the molecule is COCCC(C)(NCC(C)O)C(=O)O. The van der Waals surface area contributed by atoms with Crippen LogP contribution in [0.1, 0.15) is 20.3 Å². The van der Waals surface area contributed by atoms with E-state index in [1.165, 1.54) is 7.11 Å². The van der Waals surface area contributed by atoms with Gasteiger partial charge in [-0.05, 0) is 20.3 Å². The first-order valence-corrected chi connectivity index (χ1v) is 4.58. The second kappa shape index (κ2) is 5.95. The van der Waals surface area contributed by atoms with Crippen molar-refractivity contribution < 1.29 is 19.7 Å². The number of carbonyl (C=O) groups is 1. The maximum absolute atomic E-state index is 10.9. The Kier molecular flexibility index (Phi) is 5.68. The van der Waals surface area contributed by atoms with Crippen molar-refractivity contribution in [1.29, 1.82) is 0 Å². The van der Waals surface area contributed by atoms with E-state index in [0.29, 0.717) is 13.0 Å². The number of hydrogen-bond donors (Lipinski definition) is 3. The van der Waals surface area contributed by atoms with Crippen LogP contribution in [0.5, 0.6) is 0 Å². The molecule has 0 aromatic heterocycles. The molecule has 0 saturated heterocycles. The lowest BCUT2D eigenvalue weighted by Crippen LogP contribution is -2.52. The van der Waals surface area contributed by atoms with Crippen LogP contribution in [-0.2, 0) is 9.53 Å². The molecule has 0 amide bonds. The van der Waals surface area contributed by atoms with Crippen LogP contribution in [0.3, 0.4) is 0 Å². The van der Waals surface area contributed by atoms with Gasteiger partial charge < -0.3 is 14.9 Å². The van der Waals surface area contributed by atoms with Gasteiger partial charge in [-0.25, -0.2) is 0 Å². The van der Waals surface area contributed by atoms with Gasteiger partial charge in [0.05, 0.1) is 6.10 Å². The number of carboxylic acid groups (broad SMARTS) is 1. The minimum absolute atomic E-state index is 0.256. The minimum Gasteiger partial charge on any atom is -0.480 e. The van der Waals surface area contributed by atoms with E-state index in [-0.39, 0.29) is 6.54 Å². The normalized spacial score (nSPS) is 17.4. The van der Waals surface area contributed by atoms with Crippen molar-refractivity contribution in [2.24, 2.45) is 0 Å². The highest BCUT2D eigenvalue weighted by Crippen LogP contribution is 2.09. The number of aliphatic carboxylic acids is 1. The smallest absolute Gasteiger partial charge is 0.323 e. The molecular weight excluding hydrogens is 186 g/mol. The molecule has 0 aromatic rings. The quantitative estimate of drug-likeness (QED) is 0.538. The molecule has 0 aliphatic carbocycles. The van der Waals surface area contributed by atoms with Crippen LogP contribution < -0.4 is 5.32 Å². The average Bonchev–Trinajstić information content (AvgIpc) is 2.11. The lowest BCUT2D eigenvalue weighted by molar-refractivity contribution is -0.145. The Hall–Kier alpha value is -0.650. The zero-order valence-electron chi connectivity index (χ0n) is 8.91. The monoisotopic (exact) mass is 205 g/mol. The first kappa shape index (κ1) is 13.4. The number of methoxy groups -OCH3 is 1. The Bertz CT molecular complexity index is 184. The third kappa shape index (κ3) is 4.55. The van der Waals surface area contributed by atoms with Crippen LogP contribution in [0.4, 0.5) is 0 Å². The number of rotatable bonds is 7. The standard InChI is InChI=1S/C9H19NO4/c1-7(11)6-10-9(2,8(12)13)4-5-14-3/h7,10-11H,4-6H2,1-3H3,(H,12,13). The fourth-order valence-corrected chi connectivity index (χ4v) is 0.950. The highest BCUT2D eigenvalue weighted by molar-refractivity contribution is 5.78. The first-order valence-electron chi connectivity index (χ1n) is 4.58. The number of hydrogen-bond acceptors (Lipinski definition) is 4. The summed E-state index contributed by atoms with van der Waals surface area (Å²) in [6.45, 7) is 3.81. The molecule has 0 radical (unpaired) electrons. The second-order valence-corrected chi connectivity index (χ2v) is 3.61. The molecule has 2 unspecified atom stereocenters. The molecule has 14 heavy (non-hydrogen) atoms. The van der Waals surface area contributed by atoms with Crippen molar-refractivity contribution in [3.8, 4) is 0 Å². The average molecular weight is 205 g/mol. The van der Waals surface area contributed by atoms with Crippen LogP contribution in [0.25, 0.3) is 0 Å². The summed E-state index contributed by atoms with van der Waals surface area (Å²) in [6, 6.07) is 0. The van der Waals surface area contributed by atoms with Crippen LogP contribution >= 0.6 is 0 Å². The number of ether oxygens (including phenoxy) is 1. The number of β-amino-alcohol motifs (C(OH)–C–C–N with tert-alkyl or cyclic N) is 1. The van der Waals surface area contributed by atoms with Gasteiger partial charge in [0, 0.05) is 20.3 Å². The topological polar surface area (TPSA) is 78.8 Å². The van der Waals surface area contributed by atoms with E-state index in [1.54, 1.807) is 13.8 Å². The zero-order chi connectivity index (χ0) is 11.2. The van der Waals surface area contributed by atoms with E-state index in [0.717, 1.165) is 0 Å².